The van der Waals surface area contributed by atoms with Crippen molar-refractivity contribution in [1.82, 2.24) is 0 Å². The largest absolute Gasteiger partial charge is 0.494 e. The Balaban J connectivity index is 1.88. The summed E-state index contributed by atoms with van der Waals surface area (Å²) in [5, 5.41) is 3.03. The molecule has 4 heteroatoms. The summed E-state index contributed by atoms with van der Waals surface area (Å²) in [6.45, 7) is 6.88. The van der Waals surface area contributed by atoms with Crippen LogP contribution in [-0.2, 0) is 10.5 Å². The first-order chi connectivity index (χ1) is 11.6. The Kier molecular flexibility index (Phi) is 7.19. The minimum Gasteiger partial charge on any atom is -0.494 e. The summed E-state index contributed by atoms with van der Waals surface area (Å²) in [4.78, 5) is 12.2. The third kappa shape index (κ3) is 5.31. The predicted molar refractivity (Wildman–Crippen MR) is 103 cm³/mol. The molecule has 128 valence electrons. The number of rotatable bonds is 8. The van der Waals surface area contributed by atoms with Crippen LogP contribution >= 0.6 is 11.8 Å². The normalized spacial score (nSPS) is 10.7. The van der Waals surface area contributed by atoms with Gasteiger partial charge in [0.15, 0.2) is 0 Å². The SMILES string of the molecule is CCOc1ccccc1CSCC(=O)Nc1ccccc1C(C)C. The minimum atomic E-state index is 0.0296. The Hall–Kier alpha value is -1.94. The summed E-state index contributed by atoms with van der Waals surface area (Å²) in [7, 11) is 0. The van der Waals surface area contributed by atoms with Crippen LogP contribution in [0.4, 0.5) is 5.69 Å². The summed E-state index contributed by atoms with van der Waals surface area (Å²) in [5.41, 5.74) is 3.20. The first kappa shape index (κ1) is 18.4. The maximum atomic E-state index is 12.2. The van der Waals surface area contributed by atoms with Crippen molar-refractivity contribution >= 4 is 23.4 Å². The van der Waals surface area contributed by atoms with Gasteiger partial charge in [0.2, 0.25) is 5.91 Å². The van der Waals surface area contributed by atoms with Crippen molar-refractivity contribution in [3.63, 3.8) is 0 Å². The molecule has 0 saturated heterocycles. The van der Waals surface area contributed by atoms with E-state index >= 15 is 0 Å². The smallest absolute Gasteiger partial charge is 0.234 e. The molecule has 0 bridgehead atoms. The van der Waals surface area contributed by atoms with E-state index in [9.17, 15) is 4.79 Å². The minimum absolute atomic E-state index is 0.0296. The zero-order valence-corrected chi connectivity index (χ0v) is 15.4. The van der Waals surface area contributed by atoms with Crippen molar-refractivity contribution in [1.29, 1.82) is 0 Å². The first-order valence-electron chi connectivity index (χ1n) is 8.29. The van der Waals surface area contributed by atoms with Gasteiger partial charge in [-0.05, 0) is 30.5 Å². The second-order valence-electron chi connectivity index (χ2n) is 5.82. The topological polar surface area (TPSA) is 38.3 Å². The zero-order valence-electron chi connectivity index (χ0n) is 14.5. The van der Waals surface area contributed by atoms with E-state index in [4.69, 9.17) is 4.74 Å². The number of carbonyl (C=O) groups is 1. The van der Waals surface area contributed by atoms with E-state index in [1.807, 2.05) is 49.4 Å². The van der Waals surface area contributed by atoms with Crippen molar-refractivity contribution in [2.75, 3.05) is 17.7 Å². The van der Waals surface area contributed by atoms with E-state index in [0.717, 1.165) is 28.3 Å². The molecule has 1 amide bonds. The second-order valence-corrected chi connectivity index (χ2v) is 6.81. The molecule has 0 atom stereocenters. The molecule has 0 aliphatic carbocycles. The highest BCUT2D eigenvalue weighted by molar-refractivity contribution is 7.99. The van der Waals surface area contributed by atoms with Gasteiger partial charge in [-0.2, -0.15) is 0 Å². The molecule has 0 fully saturated rings. The number of nitrogens with one attached hydrogen (secondary N) is 1. The number of amides is 1. The van der Waals surface area contributed by atoms with Gasteiger partial charge in [-0.25, -0.2) is 0 Å². The summed E-state index contributed by atoms with van der Waals surface area (Å²) in [6.07, 6.45) is 0. The second kappa shape index (κ2) is 9.38. The molecule has 0 heterocycles. The third-order valence-corrected chi connectivity index (χ3v) is 4.60. The van der Waals surface area contributed by atoms with Crippen LogP contribution in [0.25, 0.3) is 0 Å². The van der Waals surface area contributed by atoms with E-state index < -0.39 is 0 Å². The van der Waals surface area contributed by atoms with Gasteiger partial charge in [0.25, 0.3) is 0 Å². The summed E-state index contributed by atoms with van der Waals surface area (Å²) in [5.74, 6) is 2.50. The third-order valence-electron chi connectivity index (χ3n) is 3.62. The lowest BCUT2D eigenvalue weighted by Crippen LogP contribution is -2.15. The molecule has 2 aromatic carbocycles. The molecule has 0 unspecified atom stereocenters. The Labute approximate surface area is 148 Å². The number of para-hydroxylation sites is 2. The van der Waals surface area contributed by atoms with Crippen LogP contribution in [0.5, 0.6) is 5.75 Å². The molecule has 0 aromatic heterocycles. The van der Waals surface area contributed by atoms with E-state index in [1.165, 1.54) is 0 Å². The monoisotopic (exact) mass is 343 g/mol. The van der Waals surface area contributed by atoms with Gasteiger partial charge in [0.1, 0.15) is 5.75 Å². The molecule has 0 aliphatic rings. The van der Waals surface area contributed by atoms with Crippen molar-refractivity contribution in [3.8, 4) is 5.75 Å². The Morgan fingerprint density at radius 1 is 1.12 bits per heavy atom. The number of hydrogen-bond acceptors (Lipinski definition) is 3. The summed E-state index contributed by atoms with van der Waals surface area (Å²) in [6, 6.07) is 16.0. The molecule has 2 aromatic rings. The van der Waals surface area contributed by atoms with Crippen LogP contribution in [0.1, 0.15) is 37.8 Å². The highest BCUT2D eigenvalue weighted by atomic mass is 32.2. The van der Waals surface area contributed by atoms with Crippen molar-refractivity contribution in [3.05, 3.63) is 59.7 Å². The van der Waals surface area contributed by atoms with Crippen LogP contribution in [0.3, 0.4) is 0 Å². The van der Waals surface area contributed by atoms with E-state index in [2.05, 4.69) is 25.2 Å². The first-order valence-corrected chi connectivity index (χ1v) is 9.44. The molecule has 0 radical (unpaired) electrons. The van der Waals surface area contributed by atoms with Crippen LogP contribution in [0, 0.1) is 0 Å². The number of hydrogen-bond donors (Lipinski definition) is 1. The van der Waals surface area contributed by atoms with Crippen LogP contribution in [-0.4, -0.2) is 18.3 Å². The number of benzene rings is 2. The zero-order chi connectivity index (χ0) is 17.4. The molecular weight excluding hydrogens is 318 g/mol. The Morgan fingerprint density at radius 2 is 1.83 bits per heavy atom. The predicted octanol–water partition coefficient (Wildman–Crippen LogP) is 5.08. The Bertz CT molecular complexity index is 670. The van der Waals surface area contributed by atoms with Gasteiger partial charge in [0.05, 0.1) is 12.4 Å². The van der Waals surface area contributed by atoms with E-state index in [0.29, 0.717) is 18.3 Å². The van der Waals surface area contributed by atoms with E-state index in [1.54, 1.807) is 11.8 Å². The molecule has 0 saturated carbocycles. The average Bonchev–Trinajstić information content (AvgIpc) is 2.57. The average molecular weight is 343 g/mol. The fraction of sp³-hybridized carbons (Fsp3) is 0.350. The summed E-state index contributed by atoms with van der Waals surface area (Å²) < 4.78 is 5.62. The number of carbonyl (C=O) groups excluding carboxylic acids is 1. The highest BCUT2D eigenvalue weighted by Gasteiger charge is 2.10. The molecular formula is C20H25NO2S. The quantitative estimate of drug-likeness (QED) is 0.726. The Morgan fingerprint density at radius 3 is 2.58 bits per heavy atom. The lowest BCUT2D eigenvalue weighted by molar-refractivity contribution is -0.113. The van der Waals surface area contributed by atoms with Crippen LogP contribution in [0.15, 0.2) is 48.5 Å². The highest BCUT2D eigenvalue weighted by Crippen LogP contribution is 2.25. The fourth-order valence-corrected chi connectivity index (χ4v) is 3.29. The van der Waals surface area contributed by atoms with Crippen LogP contribution in [0.2, 0.25) is 0 Å². The molecule has 3 nitrogen and oxygen atoms in total. The maximum absolute atomic E-state index is 12.2. The molecule has 1 N–H and O–H groups in total. The number of thioether (sulfide) groups is 1. The van der Waals surface area contributed by atoms with E-state index in [-0.39, 0.29) is 5.91 Å². The van der Waals surface area contributed by atoms with Crippen molar-refractivity contribution in [2.45, 2.75) is 32.4 Å². The van der Waals surface area contributed by atoms with Gasteiger partial charge in [-0.15, -0.1) is 11.8 Å². The fourth-order valence-electron chi connectivity index (χ4n) is 2.47. The molecule has 0 spiro atoms. The molecule has 24 heavy (non-hydrogen) atoms. The maximum Gasteiger partial charge on any atom is 0.234 e. The van der Waals surface area contributed by atoms with Crippen molar-refractivity contribution < 1.29 is 9.53 Å². The van der Waals surface area contributed by atoms with Crippen molar-refractivity contribution in [2.24, 2.45) is 0 Å². The van der Waals surface area contributed by atoms with Crippen LogP contribution < -0.4 is 10.1 Å². The lowest BCUT2D eigenvalue weighted by Gasteiger charge is -2.14. The number of ether oxygens (including phenoxy) is 1. The summed E-state index contributed by atoms with van der Waals surface area (Å²) >= 11 is 1.60. The van der Waals surface area contributed by atoms with Gasteiger partial charge in [-0.3, -0.25) is 4.79 Å². The van der Waals surface area contributed by atoms with Gasteiger partial charge in [0, 0.05) is 17.0 Å². The van der Waals surface area contributed by atoms with Gasteiger partial charge in [-0.1, -0.05) is 50.2 Å². The molecule has 2 rings (SSSR count). The van der Waals surface area contributed by atoms with Gasteiger partial charge >= 0.3 is 0 Å². The lowest BCUT2D eigenvalue weighted by atomic mass is 10.0. The number of anilines is 1. The standard InChI is InChI=1S/C20H25NO2S/c1-4-23-19-12-8-5-9-16(19)13-24-14-20(22)21-18-11-7-6-10-17(18)15(2)3/h5-12,15H,4,13-14H2,1-3H3,(H,21,22). The molecule has 0 aliphatic heterocycles. The van der Waals surface area contributed by atoms with Gasteiger partial charge < -0.3 is 10.1 Å².